The number of hydrogen-bond donors (Lipinski definition) is 7. The van der Waals surface area contributed by atoms with Crippen molar-refractivity contribution in [2.45, 2.75) is 190 Å². The van der Waals surface area contributed by atoms with Crippen LogP contribution in [0.5, 0.6) is 11.5 Å². The molecule has 390 valence electrons. The fraction of sp³-hybridized carbons (Fsp3) is 0.776. The minimum Gasteiger partial charge on any atom is -0.504 e. The SMILES string of the molecule is CC(=O)OC1C2C=CC3CCCC34CC3CCCCC3(NC4=O)C(=O)OC2C2(CCNCC2)C2c3ccc(O)c4c3C(CC2C#CCC(CC(C)O)C1CCC(O)CCCO)C(C1(CO)CCCC1)CO4. The van der Waals surface area contributed by atoms with E-state index >= 15 is 4.79 Å². The van der Waals surface area contributed by atoms with Crippen LogP contribution in [0.25, 0.3) is 0 Å². The average Bonchev–Trinajstić information content (AvgIpc) is 4.01. The number of carbonyl (C=O) groups is 3. The minimum absolute atomic E-state index is 0.0168. The van der Waals surface area contributed by atoms with Crippen molar-refractivity contribution < 1.29 is 54.1 Å². The van der Waals surface area contributed by atoms with Gasteiger partial charge in [-0.1, -0.05) is 56.2 Å². The minimum atomic E-state index is -1.22. The third-order valence-electron chi connectivity index (χ3n) is 20.5. The first-order valence-electron chi connectivity index (χ1n) is 27.9. The second-order valence-electron chi connectivity index (χ2n) is 24.2. The van der Waals surface area contributed by atoms with Gasteiger partial charge in [-0.15, -0.1) is 5.92 Å². The van der Waals surface area contributed by atoms with Crippen LogP contribution < -0.4 is 15.4 Å². The van der Waals surface area contributed by atoms with E-state index in [9.17, 15) is 35.1 Å². The molecule has 10 aliphatic rings. The predicted molar refractivity (Wildman–Crippen MR) is 266 cm³/mol. The number of aliphatic hydroxyl groups excluding tert-OH is 4. The van der Waals surface area contributed by atoms with E-state index in [2.05, 4.69) is 40.7 Å². The zero-order valence-electron chi connectivity index (χ0n) is 42.4. The van der Waals surface area contributed by atoms with E-state index in [0.29, 0.717) is 96.1 Å². The van der Waals surface area contributed by atoms with Gasteiger partial charge in [-0.05, 0) is 152 Å². The quantitative estimate of drug-likeness (QED) is 0.0675. The van der Waals surface area contributed by atoms with Crippen LogP contribution in [-0.2, 0) is 23.9 Å². The van der Waals surface area contributed by atoms with Gasteiger partial charge in [-0.25, -0.2) is 4.79 Å². The number of esters is 2. The molecule has 15 atom stereocenters. The lowest BCUT2D eigenvalue weighted by atomic mass is 9.50. The van der Waals surface area contributed by atoms with E-state index < -0.39 is 64.6 Å². The Kier molecular flexibility index (Phi) is 14.7. The molecular weight excluding hydrogens is 901 g/mol. The molecule has 13 heteroatoms. The summed E-state index contributed by atoms with van der Waals surface area (Å²) in [7, 11) is 0. The third kappa shape index (κ3) is 8.93. The fourth-order valence-corrected chi connectivity index (χ4v) is 17.2. The van der Waals surface area contributed by atoms with E-state index in [0.717, 1.165) is 75.3 Å². The van der Waals surface area contributed by atoms with Crippen LogP contribution in [-0.4, -0.2) is 106 Å². The van der Waals surface area contributed by atoms with Crippen molar-refractivity contribution >= 4 is 17.8 Å². The molecule has 2 saturated heterocycles. The Balaban J connectivity index is 1.23. The maximum Gasteiger partial charge on any atom is 0.332 e. The van der Waals surface area contributed by atoms with Gasteiger partial charge < -0.3 is 50.4 Å². The number of amides is 1. The Morgan fingerprint density at radius 2 is 1.76 bits per heavy atom. The molecule has 5 heterocycles. The summed E-state index contributed by atoms with van der Waals surface area (Å²) < 4.78 is 21.1. The van der Waals surface area contributed by atoms with Crippen LogP contribution in [0.4, 0.5) is 0 Å². The maximum absolute atomic E-state index is 16.1. The van der Waals surface area contributed by atoms with Gasteiger partial charge in [0.1, 0.15) is 17.7 Å². The Labute approximate surface area is 421 Å². The number of aliphatic hydroxyl groups is 4. The van der Waals surface area contributed by atoms with Gasteiger partial charge in [0, 0.05) is 66.6 Å². The monoisotopic (exact) mass is 983 g/mol. The van der Waals surface area contributed by atoms with Crippen LogP contribution in [0.15, 0.2) is 24.3 Å². The van der Waals surface area contributed by atoms with E-state index in [4.69, 9.17) is 14.2 Å². The maximum atomic E-state index is 16.1. The summed E-state index contributed by atoms with van der Waals surface area (Å²) in [6, 6.07) is 3.81. The van der Waals surface area contributed by atoms with Crippen LogP contribution >= 0.6 is 0 Å². The molecule has 5 fully saturated rings. The highest BCUT2D eigenvalue weighted by Gasteiger charge is 2.65. The topological polar surface area (TPSA) is 204 Å². The Bertz CT molecular complexity index is 2220. The second-order valence-corrected chi connectivity index (χ2v) is 24.2. The van der Waals surface area contributed by atoms with Crippen molar-refractivity contribution in [1.82, 2.24) is 10.6 Å². The number of fused-ring (bicyclic) bond motifs is 5. The number of phenolic OH excluding ortho intramolecular Hbond substituents is 1. The molecule has 3 spiro atoms. The number of piperidine rings is 2. The van der Waals surface area contributed by atoms with Gasteiger partial charge in [0.2, 0.25) is 5.91 Å². The van der Waals surface area contributed by atoms with E-state index in [-0.39, 0.29) is 71.7 Å². The first-order valence-corrected chi connectivity index (χ1v) is 27.9. The molecule has 1 aromatic carbocycles. The highest BCUT2D eigenvalue weighted by Crippen LogP contribution is 2.66. The van der Waals surface area contributed by atoms with Crippen LogP contribution in [0.2, 0.25) is 0 Å². The Hall–Kier alpha value is -3.67. The van der Waals surface area contributed by atoms with E-state index in [1.54, 1.807) is 13.0 Å². The molecule has 7 N–H and O–H groups in total. The number of aromatic hydroxyl groups is 1. The van der Waals surface area contributed by atoms with E-state index in [1.165, 1.54) is 6.92 Å². The highest BCUT2D eigenvalue weighted by atomic mass is 16.6. The Morgan fingerprint density at radius 3 is 2.51 bits per heavy atom. The molecule has 15 unspecified atom stereocenters. The predicted octanol–water partition coefficient (Wildman–Crippen LogP) is 7.10. The lowest BCUT2D eigenvalue weighted by Gasteiger charge is -2.57. The van der Waals surface area contributed by atoms with Gasteiger partial charge in [0.15, 0.2) is 11.5 Å². The zero-order chi connectivity index (χ0) is 49.7. The molecule has 71 heavy (non-hydrogen) atoms. The molecule has 5 aliphatic carbocycles. The number of phenols is 1. The molecule has 0 aromatic heterocycles. The third-order valence-corrected chi connectivity index (χ3v) is 20.5. The largest absolute Gasteiger partial charge is 0.504 e. The Morgan fingerprint density at radius 1 is 0.972 bits per heavy atom. The summed E-state index contributed by atoms with van der Waals surface area (Å²) >= 11 is 0. The molecule has 0 radical (unpaired) electrons. The van der Waals surface area contributed by atoms with Crippen molar-refractivity contribution in [3.05, 3.63) is 35.4 Å². The summed E-state index contributed by atoms with van der Waals surface area (Å²) in [5.74, 6) is 4.88. The molecule has 11 rings (SSSR count). The molecule has 1 aromatic rings. The van der Waals surface area contributed by atoms with Gasteiger partial charge in [-0.2, -0.15) is 0 Å². The summed E-state index contributed by atoms with van der Waals surface area (Å²) in [6.07, 6.45) is 15.3. The van der Waals surface area contributed by atoms with E-state index in [1.807, 2.05) is 0 Å². The van der Waals surface area contributed by atoms with Gasteiger partial charge >= 0.3 is 11.9 Å². The molecule has 1 amide bonds. The first-order chi connectivity index (χ1) is 34.3. The van der Waals surface area contributed by atoms with Gasteiger partial charge in [0.25, 0.3) is 0 Å². The molecule has 13 nitrogen and oxygen atoms in total. The van der Waals surface area contributed by atoms with Crippen LogP contribution in [0.3, 0.4) is 0 Å². The van der Waals surface area contributed by atoms with Crippen molar-refractivity contribution in [1.29, 1.82) is 0 Å². The molecular formula is C58H82N2O11. The lowest BCUT2D eigenvalue weighted by molar-refractivity contribution is -0.192. The standard InChI is InChI=1S/C58H82N2O11/c1-35(63)30-37-10-7-11-38-31-45-46(55(34-62)21-5-6-22-55)33-69-51-47(66)20-19-43(48(45)51)49(38)56(25-27-59-28-26-56)52-44(50(70-36(2)64)42(37)18-16-41(65)14-9-29-61)17-15-39-13-8-23-57(39)32-40-12-3-4-24-58(40,54(68)71-52)60-53(57)67/h15,17,19-20,35,37-42,44-46,49-50,52,59,61-63,65-66H,3-6,8-10,12-14,16,18,21-34H2,1-2H3,(H,60,67). The van der Waals surface area contributed by atoms with Crippen molar-refractivity contribution in [3.63, 3.8) is 0 Å². The zero-order valence-corrected chi connectivity index (χ0v) is 42.4. The highest BCUT2D eigenvalue weighted by molar-refractivity contribution is 5.93. The normalized spacial score (nSPS) is 38.6. The molecule has 3 saturated carbocycles. The number of nitrogens with one attached hydrogen (secondary N) is 2. The average molecular weight is 983 g/mol. The first kappa shape index (κ1) is 50.8. The van der Waals surface area contributed by atoms with Crippen LogP contribution in [0.1, 0.15) is 172 Å². The van der Waals surface area contributed by atoms with Crippen molar-refractivity contribution in [2.75, 3.05) is 32.9 Å². The molecule has 2 bridgehead atoms. The van der Waals surface area contributed by atoms with Crippen molar-refractivity contribution in [2.24, 2.45) is 57.7 Å². The number of carbonyl (C=O) groups excluding carboxylic acids is 3. The van der Waals surface area contributed by atoms with Gasteiger partial charge in [-0.3, -0.25) is 9.59 Å². The smallest absolute Gasteiger partial charge is 0.332 e. The number of hydrogen-bond acceptors (Lipinski definition) is 12. The van der Waals surface area contributed by atoms with Gasteiger partial charge in [0.05, 0.1) is 30.1 Å². The summed E-state index contributed by atoms with van der Waals surface area (Å²) in [4.78, 5) is 45.0. The summed E-state index contributed by atoms with van der Waals surface area (Å²) in [5.41, 5.74) is -1.09. The summed E-state index contributed by atoms with van der Waals surface area (Å²) in [6.45, 7) is 4.84. The lowest BCUT2D eigenvalue weighted by Crippen LogP contribution is -2.69. The van der Waals surface area contributed by atoms with Crippen LogP contribution in [0, 0.1) is 69.5 Å². The number of rotatable bonds is 11. The fourth-order valence-electron chi connectivity index (χ4n) is 17.2. The summed E-state index contributed by atoms with van der Waals surface area (Å²) in [5, 5.41) is 62.7. The number of ether oxygens (including phenoxy) is 3. The molecule has 5 aliphatic heterocycles. The number of allylic oxidation sites excluding steroid dienone is 1. The number of benzene rings is 1. The van der Waals surface area contributed by atoms with Crippen molar-refractivity contribution in [3.8, 4) is 23.3 Å². The second kappa shape index (κ2) is 20.6.